The van der Waals surface area contributed by atoms with E-state index < -0.39 is 4.92 Å². The molecule has 0 bridgehead atoms. The Morgan fingerprint density at radius 1 is 1.58 bits per heavy atom. The topological polar surface area (TPSA) is 117 Å². The van der Waals surface area contributed by atoms with Crippen LogP contribution in [0.3, 0.4) is 0 Å². The molecule has 1 aromatic carbocycles. The molecule has 1 aromatic rings. The van der Waals surface area contributed by atoms with Gasteiger partial charge in [-0.3, -0.25) is 10.1 Å². The van der Waals surface area contributed by atoms with Crippen molar-refractivity contribution < 1.29 is 4.92 Å². The number of nitro groups is 1. The van der Waals surface area contributed by atoms with Gasteiger partial charge in [-0.15, -0.1) is 0 Å². The molecule has 0 spiro atoms. The molecule has 0 aliphatic heterocycles. The van der Waals surface area contributed by atoms with Crippen molar-refractivity contribution >= 4 is 28.6 Å². The second-order valence-corrected chi connectivity index (χ2v) is 3.97. The molecule has 8 heteroatoms. The lowest BCUT2D eigenvalue weighted by atomic mass is 10.2. The Balaban J connectivity index is 2.83. The molecule has 0 saturated carbocycles. The van der Waals surface area contributed by atoms with Gasteiger partial charge in [-0.05, 0) is 13.0 Å². The second-order valence-electron chi connectivity index (χ2n) is 3.53. The third-order valence-corrected chi connectivity index (χ3v) is 2.39. The molecule has 98 valence electrons. The van der Waals surface area contributed by atoms with Crippen LogP contribution in [0.25, 0.3) is 0 Å². The Bertz CT molecular complexity index is 591. The van der Waals surface area contributed by atoms with Crippen LogP contribution in [0, 0.1) is 21.4 Å². The molecule has 0 atom stereocenters. The summed E-state index contributed by atoms with van der Waals surface area (Å²) in [4.78, 5) is 10.1. The smallest absolute Gasteiger partial charge is 0.271 e. The van der Waals surface area contributed by atoms with Crippen LogP contribution in [0.1, 0.15) is 6.92 Å². The van der Waals surface area contributed by atoms with E-state index in [1.54, 1.807) is 19.1 Å². The monoisotopic (exact) mass is 277 g/mol. The fourth-order valence-corrected chi connectivity index (χ4v) is 1.45. The van der Waals surface area contributed by atoms with Gasteiger partial charge in [0.2, 0.25) is 0 Å². The van der Waals surface area contributed by atoms with Crippen molar-refractivity contribution in [1.82, 2.24) is 5.43 Å². The number of nitrogens with two attached hydrogens (primary N) is 1. The van der Waals surface area contributed by atoms with E-state index in [2.05, 4.69) is 10.9 Å². The zero-order chi connectivity index (χ0) is 14.4. The van der Waals surface area contributed by atoms with Crippen molar-refractivity contribution in [3.63, 3.8) is 0 Å². The Labute approximate surface area is 114 Å². The zero-order valence-corrected chi connectivity index (χ0v) is 10.8. The number of allylic oxidation sites excluding steroid dienone is 1. The first-order valence-corrected chi connectivity index (χ1v) is 5.53. The maximum atomic E-state index is 10.6. The summed E-state index contributed by atoms with van der Waals surface area (Å²) < 4.78 is 0. The minimum Gasteiger partial charge on any atom is -0.389 e. The Hall–Kier alpha value is -2.66. The summed E-state index contributed by atoms with van der Waals surface area (Å²) in [5.41, 5.74) is 11.8. The molecule has 0 aliphatic rings. The summed E-state index contributed by atoms with van der Waals surface area (Å²) in [7, 11) is 0. The zero-order valence-electron chi connectivity index (χ0n) is 10.0. The van der Waals surface area contributed by atoms with Crippen LogP contribution in [0.5, 0.6) is 0 Å². The average Bonchev–Trinajstić information content (AvgIpc) is 2.37. The van der Waals surface area contributed by atoms with E-state index in [9.17, 15) is 10.1 Å². The number of rotatable bonds is 5. The van der Waals surface area contributed by atoms with Crippen molar-refractivity contribution in [2.45, 2.75) is 6.92 Å². The standard InChI is InChI=1S/C11H11N5O2S/c1-7(10(6-12)11(13)19)14-15-8-3-2-4-9(5-8)16(17)18/h2-5,14-15H,1H3,(H2,13,19)/b10-7-. The van der Waals surface area contributed by atoms with Gasteiger partial charge < -0.3 is 16.6 Å². The van der Waals surface area contributed by atoms with Crippen molar-refractivity contribution in [2.75, 3.05) is 5.43 Å². The SMILES string of the molecule is C/C(NNc1cccc([N+](=O)[O-])c1)=C(\C#N)C(N)=S. The van der Waals surface area contributed by atoms with Crippen molar-refractivity contribution in [2.24, 2.45) is 5.73 Å². The van der Waals surface area contributed by atoms with Crippen LogP contribution in [0.15, 0.2) is 35.5 Å². The minimum absolute atomic E-state index is 0.0201. The first-order chi connectivity index (χ1) is 8.95. The fraction of sp³-hybridized carbons (Fsp3) is 0.0909. The van der Waals surface area contributed by atoms with Crippen LogP contribution in [0.2, 0.25) is 0 Å². The van der Waals surface area contributed by atoms with E-state index in [0.29, 0.717) is 11.4 Å². The number of benzene rings is 1. The number of thiocarbonyl (C=S) groups is 1. The molecule has 0 fully saturated rings. The van der Waals surface area contributed by atoms with Crippen LogP contribution in [-0.2, 0) is 0 Å². The first-order valence-electron chi connectivity index (χ1n) is 5.13. The Morgan fingerprint density at radius 3 is 2.79 bits per heavy atom. The van der Waals surface area contributed by atoms with Crippen LogP contribution < -0.4 is 16.6 Å². The highest BCUT2D eigenvalue weighted by Gasteiger charge is 2.07. The lowest BCUT2D eigenvalue weighted by molar-refractivity contribution is -0.384. The lowest BCUT2D eigenvalue weighted by Crippen LogP contribution is -2.24. The van der Waals surface area contributed by atoms with Gasteiger partial charge in [-0.1, -0.05) is 18.3 Å². The van der Waals surface area contributed by atoms with Gasteiger partial charge >= 0.3 is 0 Å². The second kappa shape index (κ2) is 6.32. The molecular weight excluding hydrogens is 266 g/mol. The number of nitrogens with one attached hydrogen (secondary N) is 2. The molecule has 0 aliphatic carbocycles. The molecule has 7 nitrogen and oxygen atoms in total. The molecule has 19 heavy (non-hydrogen) atoms. The quantitative estimate of drug-likeness (QED) is 0.246. The van der Waals surface area contributed by atoms with Gasteiger partial charge in [0.15, 0.2) is 0 Å². The maximum absolute atomic E-state index is 10.6. The Morgan fingerprint density at radius 2 is 2.26 bits per heavy atom. The molecule has 0 unspecified atom stereocenters. The average molecular weight is 277 g/mol. The highest BCUT2D eigenvalue weighted by Crippen LogP contribution is 2.16. The van der Waals surface area contributed by atoms with Gasteiger partial charge in [0.05, 0.1) is 10.6 Å². The predicted octanol–water partition coefficient (Wildman–Crippen LogP) is 1.59. The van der Waals surface area contributed by atoms with Gasteiger partial charge in [-0.25, -0.2) is 0 Å². The van der Waals surface area contributed by atoms with E-state index in [0.717, 1.165) is 0 Å². The maximum Gasteiger partial charge on any atom is 0.271 e. The van der Waals surface area contributed by atoms with Crippen LogP contribution in [-0.4, -0.2) is 9.91 Å². The van der Waals surface area contributed by atoms with E-state index >= 15 is 0 Å². The molecule has 0 amide bonds. The largest absolute Gasteiger partial charge is 0.389 e. The Kier molecular flexibility index (Phi) is 4.79. The summed E-state index contributed by atoms with van der Waals surface area (Å²) in [6.07, 6.45) is 0. The van der Waals surface area contributed by atoms with E-state index in [1.807, 2.05) is 6.07 Å². The van der Waals surface area contributed by atoms with E-state index in [4.69, 9.17) is 23.2 Å². The summed E-state index contributed by atoms with van der Waals surface area (Å²) in [6, 6.07) is 7.78. The number of hydrogen-bond donors (Lipinski definition) is 3. The fourth-order valence-electron chi connectivity index (χ4n) is 1.25. The number of nitro benzene ring substituents is 1. The first kappa shape index (κ1) is 14.4. The molecule has 0 radical (unpaired) electrons. The molecule has 0 heterocycles. The summed E-state index contributed by atoms with van der Waals surface area (Å²) >= 11 is 4.72. The number of nitriles is 1. The third-order valence-electron chi connectivity index (χ3n) is 2.18. The molecule has 0 saturated heterocycles. The molecular formula is C11H11N5O2S. The normalized spacial score (nSPS) is 10.9. The highest BCUT2D eigenvalue weighted by molar-refractivity contribution is 7.80. The number of hydrazine groups is 1. The summed E-state index contributed by atoms with van der Waals surface area (Å²) in [5, 5.41) is 19.5. The lowest BCUT2D eigenvalue weighted by Gasteiger charge is -2.11. The predicted molar refractivity (Wildman–Crippen MR) is 75.0 cm³/mol. The third kappa shape index (κ3) is 3.93. The van der Waals surface area contributed by atoms with Gasteiger partial charge in [0.1, 0.15) is 16.6 Å². The molecule has 1 rings (SSSR count). The van der Waals surface area contributed by atoms with Crippen molar-refractivity contribution in [3.05, 3.63) is 45.6 Å². The van der Waals surface area contributed by atoms with Gasteiger partial charge in [0.25, 0.3) is 5.69 Å². The number of nitrogens with zero attached hydrogens (tertiary/aromatic N) is 2. The number of anilines is 1. The molecule has 0 aromatic heterocycles. The van der Waals surface area contributed by atoms with Crippen LogP contribution >= 0.6 is 12.2 Å². The van der Waals surface area contributed by atoms with Crippen molar-refractivity contribution in [3.8, 4) is 6.07 Å². The minimum atomic E-state index is -0.496. The summed E-state index contributed by atoms with van der Waals surface area (Å²) in [5.74, 6) is 0. The highest BCUT2D eigenvalue weighted by atomic mass is 32.1. The van der Waals surface area contributed by atoms with Crippen LogP contribution in [0.4, 0.5) is 11.4 Å². The molecule has 4 N–H and O–H groups in total. The summed E-state index contributed by atoms with van der Waals surface area (Å²) in [6.45, 7) is 1.61. The van der Waals surface area contributed by atoms with Crippen molar-refractivity contribution in [1.29, 1.82) is 5.26 Å². The van der Waals surface area contributed by atoms with Gasteiger partial charge in [0, 0.05) is 17.8 Å². The number of non-ortho nitro benzene ring substituents is 1. The van der Waals surface area contributed by atoms with Gasteiger partial charge in [-0.2, -0.15) is 5.26 Å². The van der Waals surface area contributed by atoms with E-state index in [1.165, 1.54) is 12.1 Å². The van der Waals surface area contributed by atoms with E-state index in [-0.39, 0.29) is 16.2 Å². The number of hydrogen-bond acceptors (Lipinski definition) is 6.